The second-order valence-corrected chi connectivity index (χ2v) is 5.94. The minimum absolute atomic E-state index is 0.0776. The number of hydrogen-bond acceptors (Lipinski definition) is 5. The highest BCUT2D eigenvalue weighted by molar-refractivity contribution is 5.97. The van der Waals surface area contributed by atoms with E-state index in [4.69, 9.17) is 14.6 Å². The van der Waals surface area contributed by atoms with Gasteiger partial charge in [-0.25, -0.2) is 0 Å². The van der Waals surface area contributed by atoms with Gasteiger partial charge >= 0.3 is 0 Å². The first-order valence-electron chi connectivity index (χ1n) is 9.33. The number of rotatable bonds is 7. The SMILES string of the molecule is C=O.CCOc1ccc(/C=C(\NC)C(=O)NCCO)cc1.Cc1ccc(C)cc1. The standard InChI is InChI=1S/C14H20N2O3.C8H10.CH2O/c1-3-19-12-6-4-11(5-7-12)10-13(15-2)14(18)16-8-9-17;1-7-3-5-8(2)6-4-7;1-2/h4-7,10,15,17H,3,8-9H2,1-2H3,(H,16,18);3-6H,1-2H3;1H2/b13-10-;;. The lowest BCUT2D eigenvalue weighted by atomic mass is 10.2. The first-order chi connectivity index (χ1) is 14.0. The van der Waals surface area contributed by atoms with Crippen LogP contribution in [0.4, 0.5) is 0 Å². The first kappa shape index (κ1) is 25.9. The molecule has 0 fully saturated rings. The van der Waals surface area contributed by atoms with Crippen molar-refractivity contribution in [3.05, 3.63) is 70.9 Å². The first-order valence-corrected chi connectivity index (χ1v) is 9.33. The highest BCUT2D eigenvalue weighted by Crippen LogP contribution is 2.14. The number of nitrogens with one attached hydrogen (secondary N) is 2. The minimum Gasteiger partial charge on any atom is -0.494 e. The van der Waals surface area contributed by atoms with E-state index in [2.05, 4.69) is 48.7 Å². The summed E-state index contributed by atoms with van der Waals surface area (Å²) in [5.74, 6) is 0.556. The fourth-order valence-corrected chi connectivity index (χ4v) is 2.15. The number of carbonyl (C=O) groups excluding carboxylic acids is 2. The Labute approximate surface area is 173 Å². The van der Waals surface area contributed by atoms with Crippen molar-refractivity contribution in [1.29, 1.82) is 0 Å². The van der Waals surface area contributed by atoms with E-state index in [1.165, 1.54) is 11.1 Å². The molecular formula is C23H32N2O4. The van der Waals surface area contributed by atoms with Crippen LogP contribution in [-0.4, -0.2) is 44.6 Å². The molecule has 29 heavy (non-hydrogen) atoms. The van der Waals surface area contributed by atoms with Gasteiger partial charge in [0, 0.05) is 13.6 Å². The predicted octanol–water partition coefficient (Wildman–Crippen LogP) is 2.87. The summed E-state index contributed by atoms with van der Waals surface area (Å²) < 4.78 is 5.35. The van der Waals surface area contributed by atoms with Gasteiger partial charge in [-0.15, -0.1) is 0 Å². The minimum atomic E-state index is -0.245. The van der Waals surface area contributed by atoms with Crippen LogP contribution in [0.2, 0.25) is 0 Å². The fourth-order valence-electron chi connectivity index (χ4n) is 2.15. The van der Waals surface area contributed by atoms with Crippen LogP contribution in [0.15, 0.2) is 54.2 Å². The van der Waals surface area contributed by atoms with E-state index in [-0.39, 0.29) is 19.1 Å². The number of aliphatic hydroxyl groups is 1. The lowest BCUT2D eigenvalue weighted by Crippen LogP contribution is -2.32. The van der Waals surface area contributed by atoms with E-state index in [9.17, 15) is 4.79 Å². The Morgan fingerprint density at radius 3 is 1.97 bits per heavy atom. The van der Waals surface area contributed by atoms with Gasteiger partial charge in [0.15, 0.2) is 0 Å². The Hall–Kier alpha value is -3.12. The van der Waals surface area contributed by atoms with E-state index < -0.39 is 0 Å². The number of benzene rings is 2. The smallest absolute Gasteiger partial charge is 0.267 e. The molecule has 6 nitrogen and oxygen atoms in total. The molecule has 0 aliphatic heterocycles. The molecule has 3 N–H and O–H groups in total. The van der Waals surface area contributed by atoms with Crippen LogP contribution in [0, 0.1) is 13.8 Å². The highest BCUT2D eigenvalue weighted by Gasteiger charge is 2.06. The number of amides is 1. The zero-order valence-corrected chi connectivity index (χ0v) is 17.7. The molecule has 2 aromatic rings. The predicted molar refractivity (Wildman–Crippen MR) is 118 cm³/mol. The second-order valence-electron chi connectivity index (χ2n) is 5.94. The van der Waals surface area contributed by atoms with Crippen LogP contribution in [0.5, 0.6) is 5.75 Å². The molecule has 0 atom stereocenters. The molecule has 0 radical (unpaired) electrons. The Kier molecular flexibility index (Phi) is 14.2. The van der Waals surface area contributed by atoms with Gasteiger partial charge in [-0.1, -0.05) is 47.5 Å². The Balaban J connectivity index is 0.000000649. The van der Waals surface area contributed by atoms with Crippen LogP contribution in [0.25, 0.3) is 6.08 Å². The molecule has 0 saturated heterocycles. The Morgan fingerprint density at radius 2 is 1.55 bits per heavy atom. The van der Waals surface area contributed by atoms with Crippen molar-refractivity contribution in [2.75, 3.05) is 26.8 Å². The summed E-state index contributed by atoms with van der Waals surface area (Å²) in [6.45, 7) is 8.91. The van der Waals surface area contributed by atoms with E-state index in [0.717, 1.165) is 11.3 Å². The average Bonchev–Trinajstić information content (AvgIpc) is 2.75. The van der Waals surface area contributed by atoms with Crippen LogP contribution in [0.1, 0.15) is 23.6 Å². The van der Waals surface area contributed by atoms with Crippen LogP contribution >= 0.6 is 0 Å². The van der Waals surface area contributed by atoms with Crippen LogP contribution < -0.4 is 15.4 Å². The lowest BCUT2D eigenvalue weighted by molar-refractivity contribution is -0.117. The maximum atomic E-state index is 11.7. The van der Waals surface area contributed by atoms with Gasteiger partial charge in [0.2, 0.25) is 0 Å². The van der Waals surface area contributed by atoms with Crippen molar-refractivity contribution in [1.82, 2.24) is 10.6 Å². The molecule has 0 bridgehead atoms. The molecule has 0 saturated carbocycles. The molecule has 0 spiro atoms. The number of aryl methyl sites for hydroxylation is 2. The molecule has 0 unspecified atom stereocenters. The van der Waals surface area contributed by atoms with Gasteiger partial charge in [0.25, 0.3) is 5.91 Å². The quantitative estimate of drug-likeness (QED) is 0.622. The van der Waals surface area contributed by atoms with Gasteiger partial charge in [0.1, 0.15) is 18.2 Å². The summed E-state index contributed by atoms with van der Waals surface area (Å²) in [5.41, 5.74) is 4.00. The number of likely N-dealkylation sites (N-methyl/N-ethyl adjacent to an activating group) is 1. The molecule has 6 heteroatoms. The number of aliphatic hydroxyl groups excluding tert-OH is 1. The van der Waals surface area contributed by atoms with Gasteiger partial charge in [-0.05, 0) is 44.5 Å². The van der Waals surface area contributed by atoms with Gasteiger partial charge < -0.3 is 25.3 Å². The zero-order valence-electron chi connectivity index (χ0n) is 17.7. The van der Waals surface area contributed by atoms with E-state index in [0.29, 0.717) is 12.3 Å². The third-order valence-electron chi connectivity index (χ3n) is 3.63. The van der Waals surface area contributed by atoms with Crippen LogP contribution in [-0.2, 0) is 9.59 Å². The third-order valence-corrected chi connectivity index (χ3v) is 3.63. The summed E-state index contributed by atoms with van der Waals surface area (Å²) in [6, 6.07) is 15.9. The second kappa shape index (κ2) is 15.9. The number of carbonyl (C=O) groups is 2. The van der Waals surface area contributed by atoms with Crippen molar-refractivity contribution < 1.29 is 19.4 Å². The normalized spacial score (nSPS) is 9.90. The molecule has 2 aromatic carbocycles. The monoisotopic (exact) mass is 400 g/mol. The summed E-state index contributed by atoms with van der Waals surface area (Å²) in [4.78, 5) is 19.7. The van der Waals surface area contributed by atoms with Crippen molar-refractivity contribution in [3.8, 4) is 5.75 Å². The third kappa shape index (κ3) is 11.3. The molecule has 0 heterocycles. The highest BCUT2D eigenvalue weighted by atomic mass is 16.5. The Bertz CT molecular complexity index is 705. The van der Waals surface area contributed by atoms with Crippen molar-refractivity contribution in [2.24, 2.45) is 0 Å². The molecule has 0 aromatic heterocycles. The largest absolute Gasteiger partial charge is 0.494 e. The molecule has 1 amide bonds. The van der Waals surface area contributed by atoms with Gasteiger partial charge in [-0.2, -0.15) is 0 Å². The number of hydrogen-bond donors (Lipinski definition) is 3. The molecule has 0 aliphatic rings. The van der Waals surface area contributed by atoms with E-state index in [1.807, 2.05) is 38.0 Å². The van der Waals surface area contributed by atoms with Gasteiger partial charge in [-0.3, -0.25) is 4.79 Å². The van der Waals surface area contributed by atoms with Crippen molar-refractivity contribution in [3.63, 3.8) is 0 Å². The van der Waals surface area contributed by atoms with Gasteiger partial charge in [0.05, 0.1) is 13.2 Å². The van der Waals surface area contributed by atoms with Crippen molar-refractivity contribution >= 4 is 18.8 Å². The summed E-state index contributed by atoms with van der Waals surface area (Å²) in [7, 11) is 1.68. The van der Waals surface area contributed by atoms with Crippen molar-refractivity contribution in [2.45, 2.75) is 20.8 Å². The molecule has 158 valence electrons. The summed E-state index contributed by atoms with van der Waals surface area (Å²) in [6.07, 6.45) is 1.74. The van der Waals surface area contributed by atoms with E-state index in [1.54, 1.807) is 13.1 Å². The molecule has 2 rings (SSSR count). The average molecular weight is 401 g/mol. The lowest BCUT2D eigenvalue weighted by Gasteiger charge is -2.08. The zero-order chi connectivity index (χ0) is 22.1. The van der Waals surface area contributed by atoms with Crippen LogP contribution in [0.3, 0.4) is 0 Å². The summed E-state index contributed by atoms with van der Waals surface area (Å²) in [5, 5.41) is 14.1. The molecule has 0 aliphatic carbocycles. The summed E-state index contributed by atoms with van der Waals surface area (Å²) >= 11 is 0. The topological polar surface area (TPSA) is 87.7 Å². The number of ether oxygens (including phenoxy) is 1. The van der Waals surface area contributed by atoms with E-state index >= 15 is 0 Å². The maximum absolute atomic E-state index is 11.7. The fraction of sp³-hybridized carbons (Fsp3) is 0.304. The molecular weight excluding hydrogens is 368 g/mol. The maximum Gasteiger partial charge on any atom is 0.267 e. The Morgan fingerprint density at radius 1 is 1.03 bits per heavy atom.